The Kier molecular flexibility index (Phi) is 3.67. The minimum Gasteiger partial charge on any atom is -0.472 e. The van der Waals surface area contributed by atoms with Crippen LogP contribution in [0, 0.1) is 5.82 Å². The molecule has 1 aromatic heterocycles. The summed E-state index contributed by atoms with van der Waals surface area (Å²) < 4.78 is 18.8. The van der Waals surface area contributed by atoms with Crippen molar-refractivity contribution in [3.8, 4) is 0 Å². The molecule has 0 saturated heterocycles. The smallest absolute Gasteiger partial charge is 0.130 e. The van der Waals surface area contributed by atoms with Gasteiger partial charge in [0, 0.05) is 36.4 Å². The number of rotatable bonds is 4. The number of benzene rings is 1. The third-order valence-electron chi connectivity index (χ3n) is 2.90. The zero-order valence-electron chi connectivity index (χ0n) is 10.6. The van der Waals surface area contributed by atoms with Gasteiger partial charge in [-0.3, -0.25) is 0 Å². The maximum Gasteiger partial charge on any atom is 0.130 e. The van der Waals surface area contributed by atoms with E-state index in [0.717, 1.165) is 11.3 Å². The molecule has 2 aromatic rings. The van der Waals surface area contributed by atoms with E-state index in [4.69, 9.17) is 10.2 Å². The summed E-state index contributed by atoms with van der Waals surface area (Å²) in [5.41, 5.74) is 8.24. The summed E-state index contributed by atoms with van der Waals surface area (Å²) in [7, 11) is 1.91. The van der Waals surface area contributed by atoms with Crippen LogP contribution < -0.4 is 10.6 Å². The summed E-state index contributed by atoms with van der Waals surface area (Å²) in [4.78, 5) is 1.96. The normalized spacial score (nSPS) is 12.4. The third-order valence-corrected chi connectivity index (χ3v) is 2.90. The Morgan fingerprint density at radius 3 is 2.78 bits per heavy atom. The highest BCUT2D eigenvalue weighted by atomic mass is 19.1. The first-order chi connectivity index (χ1) is 8.59. The second-order valence-electron chi connectivity index (χ2n) is 4.45. The molecule has 1 atom stereocenters. The largest absolute Gasteiger partial charge is 0.472 e. The van der Waals surface area contributed by atoms with Gasteiger partial charge in [-0.1, -0.05) is 6.07 Å². The molecular formula is C14H17FN2O. The highest BCUT2D eigenvalue weighted by Crippen LogP contribution is 2.28. The van der Waals surface area contributed by atoms with Gasteiger partial charge in [0.25, 0.3) is 0 Å². The van der Waals surface area contributed by atoms with Gasteiger partial charge < -0.3 is 15.1 Å². The lowest BCUT2D eigenvalue weighted by Crippen LogP contribution is -2.20. The van der Waals surface area contributed by atoms with Gasteiger partial charge in [-0.25, -0.2) is 4.39 Å². The molecule has 0 saturated carbocycles. The molecule has 2 rings (SSSR count). The highest BCUT2D eigenvalue weighted by Gasteiger charge is 2.15. The number of hydrogen-bond acceptors (Lipinski definition) is 3. The number of furan rings is 1. The van der Waals surface area contributed by atoms with Crippen LogP contribution in [0.1, 0.15) is 24.1 Å². The summed E-state index contributed by atoms with van der Waals surface area (Å²) in [6, 6.07) is 6.56. The molecule has 96 valence electrons. The van der Waals surface area contributed by atoms with Crippen LogP contribution in [-0.2, 0) is 6.54 Å². The fraction of sp³-hybridized carbons (Fsp3) is 0.286. The van der Waals surface area contributed by atoms with Crippen LogP contribution >= 0.6 is 0 Å². The number of nitrogens with two attached hydrogens (primary N) is 1. The van der Waals surface area contributed by atoms with E-state index in [-0.39, 0.29) is 11.9 Å². The molecule has 1 heterocycles. The molecule has 0 aliphatic carbocycles. The Labute approximate surface area is 106 Å². The maximum atomic E-state index is 13.8. The van der Waals surface area contributed by atoms with Gasteiger partial charge in [0.05, 0.1) is 12.5 Å². The summed E-state index contributed by atoms with van der Waals surface area (Å²) >= 11 is 0. The predicted molar refractivity (Wildman–Crippen MR) is 69.8 cm³/mol. The van der Waals surface area contributed by atoms with Crippen LogP contribution in [0.25, 0.3) is 0 Å². The van der Waals surface area contributed by atoms with Crippen molar-refractivity contribution >= 4 is 5.69 Å². The lowest BCUT2D eigenvalue weighted by Gasteiger charge is -2.23. The second-order valence-corrected chi connectivity index (χ2v) is 4.45. The van der Waals surface area contributed by atoms with Crippen molar-refractivity contribution in [2.24, 2.45) is 5.73 Å². The molecule has 18 heavy (non-hydrogen) atoms. The molecule has 0 spiro atoms. The maximum absolute atomic E-state index is 13.8. The van der Waals surface area contributed by atoms with E-state index in [0.29, 0.717) is 12.1 Å². The van der Waals surface area contributed by atoms with Gasteiger partial charge in [-0.05, 0) is 25.1 Å². The van der Waals surface area contributed by atoms with Gasteiger partial charge in [-0.15, -0.1) is 0 Å². The molecule has 0 aliphatic heterocycles. The van der Waals surface area contributed by atoms with Crippen molar-refractivity contribution in [3.63, 3.8) is 0 Å². The van der Waals surface area contributed by atoms with Crippen LogP contribution in [0.4, 0.5) is 10.1 Å². The number of anilines is 1. The van der Waals surface area contributed by atoms with Crippen molar-refractivity contribution in [3.05, 3.63) is 53.7 Å². The van der Waals surface area contributed by atoms with Crippen LogP contribution in [-0.4, -0.2) is 7.05 Å². The third kappa shape index (κ3) is 2.54. The van der Waals surface area contributed by atoms with Gasteiger partial charge in [0.15, 0.2) is 0 Å². The lowest BCUT2D eigenvalue weighted by molar-refractivity contribution is 0.563. The van der Waals surface area contributed by atoms with E-state index < -0.39 is 0 Å². The quantitative estimate of drug-likeness (QED) is 0.904. The zero-order chi connectivity index (χ0) is 13.1. The first-order valence-electron chi connectivity index (χ1n) is 5.86. The summed E-state index contributed by atoms with van der Waals surface area (Å²) in [5, 5.41) is 0. The molecule has 0 bridgehead atoms. The number of hydrogen-bond donors (Lipinski definition) is 1. The predicted octanol–water partition coefficient (Wildman–Crippen LogP) is 3.07. The van der Waals surface area contributed by atoms with E-state index in [1.807, 2.05) is 24.1 Å². The van der Waals surface area contributed by atoms with Gasteiger partial charge in [0.2, 0.25) is 0 Å². The standard InChI is InChI=1S/C14H17FN2O/c1-10(16)14-12(15)4-3-5-13(14)17(2)8-11-6-7-18-9-11/h3-7,9-10H,8,16H2,1-2H3/t10-/m0/s1. The first kappa shape index (κ1) is 12.6. The summed E-state index contributed by atoms with van der Waals surface area (Å²) in [6.07, 6.45) is 3.31. The Hall–Kier alpha value is -1.81. The van der Waals surface area contributed by atoms with Gasteiger partial charge >= 0.3 is 0 Å². The number of nitrogens with zero attached hydrogens (tertiary/aromatic N) is 1. The average molecular weight is 248 g/mol. The SMILES string of the molecule is C[C@H](N)c1c(F)cccc1N(C)Cc1ccoc1. The Morgan fingerprint density at radius 2 is 2.17 bits per heavy atom. The Bertz CT molecular complexity index is 509. The van der Waals surface area contributed by atoms with Crippen molar-refractivity contribution in [1.82, 2.24) is 0 Å². The Balaban J connectivity index is 2.29. The first-order valence-corrected chi connectivity index (χ1v) is 5.86. The van der Waals surface area contributed by atoms with Crippen LogP contribution in [0.3, 0.4) is 0 Å². The van der Waals surface area contributed by atoms with E-state index in [9.17, 15) is 4.39 Å². The van der Waals surface area contributed by atoms with Crippen molar-refractivity contribution in [1.29, 1.82) is 0 Å². The van der Waals surface area contributed by atoms with E-state index in [1.54, 1.807) is 25.5 Å². The van der Waals surface area contributed by atoms with Crippen LogP contribution in [0.2, 0.25) is 0 Å². The number of halogens is 1. The molecule has 0 aliphatic rings. The molecule has 3 nitrogen and oxygen atoms in total. The summed E-state index contributed by atoms with van der Waals surface area (Å²) in [6.45, 7) is 2.44. The van der Waals surface area contributed by atoms with Gasteiger partial charge in [-0.2, -0.15) is 0 Å². The van der Waals surface area contributed by atoms with Crippen molar-refractivity contribution in [2.75, 3.05) is 11.9 Å². The topological polar surface area (TPSA) is 42.4 Å². The van der Waals surface area contributed by atoms with Crippen molar-refractivity contribution in [2.45, 2.75) is 19.5 Å². The van der Waals surface area contributed by atoms with Crippen LogP contribution in [0.15, 0.2) is 41.2 Å². The molecule has 0 amide bonds. The molecule has 2 N–H and O–H groups in total. The van der Waals surface area contributed by atoms with Gasteiger partial charge in [0.1, 0.15) is 5.82 Å². The minimum atomic E-state index is -0.340. The molecule has 0 radical (unpaired) electrons. The zero-order valence-corrected chi connectivity index (χ0v) is 10.6. The molecular weight excluding hydrogens is 231 g/mol. The fourth-order valence-corrected chi connectivity index (χ4v) is 2.05. The van der Waals surface area contributed by atoms with E-state index in [1.165, 1.54) is 6.07 Å². The molecule has 0 fully saturated rings. The molecule has 0 unspecified atom stereocenters. The minimum absolute atomic E-state index is 0.262. The average Bonchev–Trinajstić information content (AvgIpc) is 2.80. The second kappa shape index (κ2) is 5.23. The van der Waals surface area contributed by atoms with Crippen LogP contribution in [0.5, 0.6) is 0 Å². The highest BCUT2D eigenvalue weighted by molar-refractivity contribution is 5.55. The monoisotopic (exact) mass is 248 g/mol. The lowest BCUT2D eigenvalue weighted by atomic mass is 10.0. The summed E-state index contributed by atoms with van der Waals surface area (Å²) in [5.74, 6) is -0.262. The van der Waals surface area contributed by atoms with E-state index in [2.05, 4.69) is 0 Å². The van der Waals surface area contributed by atoms with Crippen molar-refractivity contribution < 1.29 is 8.81 Å². The fourth-order valence-electron chi connectivity index (χ4n) is 2.05. The van der Waals surface area contributed by atoms with E-state index >= 15 is 0 Å². The Morgan fingerprint density at radius 1 is 1.39 bits per heavy atom. The molecule has 1 aromatic carbocycles. The molecule has 4 heteroatoms.